The van der Waals surface area contributed by atoms with Crippen molar-refractivity contribution in [2.75, 3.05) is 19.6 Å². The lowest BCUT2D eigenvalue weighted by Gasteiger charge is -2.48. The Bertz CT molecular complexity index is 5970. The molecule has 0 aliphatic carbocycles. The number of rotatable bonds is 20. The zero-order valence-electron chi connectivity index (χ0n) is 66.7. The van der Waals surface area contributed by atoms with E-state index in [-0.39, 0.29) is 13.4 Å². The SMILES string of the molecule is CCCCCc1cc2c3c(c1)N(c1c(-c4ccccc4)cccc1-c1ccccc1)c1cc4c(cc1B3c1ccccc1N2c1c(-c2ccccc2)cccc1-c1ccccc1)B1c2ccccc2N(c2c(-c3ccccc3)cccc2-c2ccccc2)c2cc(CCCCC)cc(c21)N4c1c(-c2ccccc2)cccc1-c1ccccc1. The molecule has 0 bridgehead atoms. The van der Waals surface area contributed by atoms with Crippen LogP contribution in [0.2, 0.25) is 0 Å². The Balaban J connectivity index is 0.945. The van der Waals surface area contributed by atoms with Gasteiger partial charge in [-0.2, -0.15) is 0 Å². The van der Waals surface area contributed by atoms with E-state index in [0.717, 1.165) is 130 Å². The smallest absolute Gasteiger partial charge is 0.252 e. The summed E-state index contributed by atoms with van der Waals surface area (Å²) in [6.07, 6.45) is 8.38. The molecular formula is C112H88B2N4. The Morgan fingerprint density at radius 1 is 0.186 bits per heavy atom. The van der Waals surface area contributed by atoms with Crippen LogP contribution in [0, 0.1) is 0 Å². The summed E-state index contributed by atoms with van der Waals surface area (Å²) in [5.41, 5.74) is 42.7. The van der Waals surface area contributed by atoms with E-state index in [2.05, 4.69) is 434 Å². The van der Waals surface area contributed by atoms with Gasteiger partial charge in [-0.25, -0.2) is 0 Å². The Kier molecular flexibility index (Phi) is 18.9. The third-order valence-corrected chi connectivity index (χ3v) is 25.0. The summed E-state index contributed by atoms with van der Waals surface area (Å²) in [4.78, 5) is 11.0. The van der Waals surface area contributed by atoms with E-state index in [1.807, 2.05) is 0 Å². The fourth-order valence-corrected chi connectivity index (χ4v) is 19.9. The van der Waals surface area contributed by atoms with Gasteiger partial charge in [0.05, 0.1) is 22.7 Å². The van der Waals surface area contributed by atoms with Crippen LogP contribution in [0.1, 0.15) is 63.5 Å². The molecule has 0 fully saturated rings. The molecule has 21 rings (SSSR count). The number of aryl methyl sites for hydroxylation is 2. The predicted octanol–water partition coefficient (Wildman–Crippen LogP) is 26.7. The number of unbranched alkanes of at least 4 members (excludes halogenated alkanes) is 4. The number of hydrogen-bond acceptors (Lipinski definition) is 4. The zero-order valence-corrected chi connectivity index (χ0v) is 66.7. The molecule has 6 heteroatoms. The van der Waals surface area contributed by atoms with Crippen molar-refractivity contribution >= 4 is 114 Å². The first-order valence-electron chi connectivity index (χ1n) is 42.4. The summed E-state index contributed by atoms with van der Waals surface area (Å²) >= 11 is 0. The lowest BCUT2D eigenvalue weighted by molar-refractivity contribution is 0.717. The fraction of sp³-hybridized carbons (Fsp3) is 0.0893. The van der Waals surface area contributed by atoms with Crippen LogP contribution in [0.4, 0.5) is 68.2 Å². The second-order valence-corrected chi connectivity index (χ2v) is 32.0. The summed E-state index contributed by atoms with van der Waals surface area (Å²) in [5.74, 6) is 0. The Labute approximate surface area is 695 Å². The maximum atomic E-state index is 2.79. The molecule has 0 aromatic heterocycles. The van der Waals surface area contributed by atoms with E-state index in [1.54, 1.807) is 0 Å². The van der Waals surface area contributed by atoms with Crippen molar-refractivity contribution in [3.63, 3.8) is 0 Å². The van der Waals surface area contributed by atoms with Crippen LogP contribution < -0.4 is 52.4 Å². The lowest BCUT2D eigenvalue weighted by Crippen LogP contribution is -2.65. The van der Waals surface area contributed by atoms with Gasteiger partial charge < -0.3 is 19.6 Å². The highest BCUT2D eigenvalue weighted by Crippen LogP contribution is 2.57. The predicted molar refractivity (Wildman–Crippen MR) is 504 cm³/mol. The van der Waals surface area contributed by atoms with E-state index < -0.39 is 0 Å². The normalized spacial score (nSPS) is 12.7. The molecule has 0 spiro atoms. The number of anilines is 12. The van der Waals surface area contributed by atoms with Crippen molar-refractivity contribution in [2.45, 2.75) is 65.2 Å². The maximum absolute atomic E-state index is 2.79. The van der Waals surface area contributed by atoms with Crippen LogP contribution in [-0.2, 0) is 12.8 Å². The summed E-state index contributed by atoms with van der Waals surface area (Å²) in [5, 5.41) is 0. The van der Waals surface area contributed by atoms with Crippen molar-refractivity contribution in [1.29, 1.82) is 0 Å². The van der Waals surface area contributed by atoms with Crippen LogP contribution in [-0.4, -0.2) is 13.4 Å². The molecule has 17 aromatic carbocycles. The van der Waals surface area contributed by atoms with Gasteiger partial charge in [-0.1, -0.05) is 397 Å². The molecule has 4 heterocycles. The average molecular weight is 1510 g/mol. The first-order chi connectivity index (χ1) is 58.6. The van der Waals surface area contributed by atoms with Crippen molar-refractivity contribution in [2.24, 2.45) is 0 Å². The van der Waals surface area contributed by atoms with Gasteiger partial charge in [0.2, 0.25) is 0 Å². The molecule has 0 atom stereocenters. The topological polar surface area (TPSA) is 13.0 Å². The Hall–Kier alpha value is -13.9. The third kappa shape index (κ3) is 12.4. The largest absolute Gasteiger partial charge is 0.310 e. The van der Waals surface area contributed by atoms with Crippen molar-refractivity contribution < 1.29 is 0 Å². The van der Waals surface area contributed by atoms with Gasteiger partial charge in [-0.3, -0.25) is 0 Å². The van der Waals surface area contributed by atoms with Gasteiger partial charge in [0.15, 0.2) is 0 Å². The second-order valence-electron chi connectivity index (χ2n) is 32.0. The summed E-state index contributed by atoms with van der Waals surface area (Å²) in [7, 11) is 0. The lowest BCUT2D eigenvalue weighted by atomic mass is 9.30. The molecule has 17 aromatic rings. The van der Waals surface area contributed by atoms with Gasteiger partial charge in [-0.15, -0.1) is 0 Å². The Morgan fingerprint density at radius 3 is 0.644 bits per heavy atom. The monoisotopic (exact) mass is 1510 g/mol. The van der Waals surface area contributed by atoms with Gasteiger partial charge in [-0.05, 0) is 157 Å². The molecule has 0 saturated heterocycles. The van der Waals surface area contributed by atoms with Crippen LogP contribution in [0.15, 0.2) is 400 Å². The quantitative estimate of drug-likeness (QED) is 0.0557. The van der Waals surface area contributed by atoms with Gasteiger partial charge >= 0.3 is 0 Å². The highest BCUT2D eigenvalue weighted by Gasteiger charge is 2.50. The molecule has 0 N–H and O–H groups in total. The zero-order chi connectivity index (χ0) is 78.6. The molecule has 4 nitrogen and oxygen atoms in total. The van der Waals surface area contributed by atoms with Crippen LogP contribution in [0.5, 0.6) is 0 Å². The molecule has 0 radical (unpaired) electrons. The van der Waals surface area contributed by atoms with Crippen molar-refractivity contribution in [3.8, 4) is 89.0 Å². The van der Waals surface area contributed by atoms with Gasteiger partial charge in [0.1, 0.15) is 0 Å². The Morgan fingerprint density at radius 2 is 0.407 bits per heavy atom. The average Bonchev–Trinajstić information content (AvgIpc) is 0.677. The van der Waals surface area contributed by atoms with E-state index >= 15 is 0 Å². The second kappa shape index (κ2) is 31.0. The first-order valence-corrected chi connectivity index (χ1v) is 42.4. The van der Waals surface area contributed by atoms with E-state index in [4.69, 9.17) is 0 Å². The van der Waals surface area contributed by atoms with E-state index in [1.165, 1.54) is 123 Å². The highest BCUT2D eigenvalue weighted by atomic mass is 15.2. The third-order valence-electron chi connectivity index (χ3n) is 25.0. The minimum Gasteiger partial charge on any atom is -0.310 e. The number of hydrogen-bond donors (Lipinski definition) is 0. The minimum absolute atomic E-state index is 0.264. The highest BCUT2D eigenvalue weighted by molar-refractivity contribution is 7.03. The molecule has 4 aliphatic rings. The molecule has 118 heavy (non-hydrogen) atoms. The van der Waals surface area contributed by atoms with E-state index in [9.17, 15) is 0 Å². The fourth-order valence-electron chi connectivity index (χ4n) is 19.9. The number of fused-ring (bicyclic) bond motifs is 8. The molecule has 0 saturated carbocycles. The molecule has 4 aliphatic heterocycles. The van der Waals surface area contributed by atoms with Crippen LogP contribution in [0.3, 0.4) is 0 Å². The van der Waals surface area contributed by atoms with Crippen LogP contribution >= 0.6 is 0 Å². The number of para-hydroxylation sites is 6. The van der Waals surface area contributed by atoms with Crippen LogP contribution in [0.25, 0.3) is 89.0 Å². The van der Waals surface area contributed by atoms with E-state index in [0.29, 0.717) is 0 Å². The minimum atomic E-state index is -0.264. The molecule has 562 valence electrons. The van der Waals surface area contributed by atoms with Gasteiger partial charge in [0, 0.05) is 90.0 Å². The standard InChI is InChI=1S/C112H88B2N4/c1-3-5-15-41-77-71-103-107-105(73-77)117(111-91(83-51-25-11-26-52-83)63-39-64-92(111)84-53-27-12-28-54-84)101-76-102-98(75-97(101)113(107)95-67-33-35-69-99(95)115(103)109-87(79-43-17-7-18-44-79)59-37-60-88(109)80-45-19-8-20-46-80)114-96-68-34-36-70-100(96)116(110-89(81-47-21-9-22-48-81)61-38-62-90(110)82-49-23-10-24-50-82)104-72-78(42-16-6-4-2)74-106(108(104)114)118(102)112-93(85-55-29-13-30-56-85)65-40-66-94(112)86-57-31-14-32-58-86/h7-14,17-40,43-76H,3-6,15-16,41-42H2,1-2H3. The number of nitrogens with zero attached hydrogens (tertiary/aromatic N) is 4. The van der Waals surface area contributed by atoms with Crippen molar-refractivity contribution in [1.82, 2.24) is 0 Å². The molecule has 0 unspecified atom stereocenters. The number of benzene rings is 17. The van der Waals surface area contributed by atoms with Gasteiger partial charge in [0.25, 0.3) is 13.4 Å². The molecular weight excluding hydrogens is 1420 g/mol. The summed E-state index contributed by atoms with van der Waals surface area (Å²) in [6.45, 7) is 4.14. The summed E-state index contributed by atoms with van der Waals surface area (Å²) in [6, 6.07) is 152. The summed E-state index contributed by atoms with van der Waals surface area (Å²) < 4.78 is 0. The maximum Gasteiger partial charge on any atom is 0.252 e. The van der Waals surface area contributed by atoms with Crippen molar-refractivity contribution in [3.05, 3.63) is 412 Å². The first kappa shape index (κ1) is 71.8. The molecule has 0 amide bonds.